The Bertz CT molecular complexity index is 1190. The van der Waals surface area contributed by atoms with Gasteiger partial charge < -0.3 is 10.3 Å². The first-order chi connectivity index (χ1) is 14.5. The lowest BCUT2D eigenvalue weighted by atomic mass is 9.96. The van der Waals surface area contributed by atoms with Crippen LogP contribution in [-0.2, 0) is 17.6 Å². The first-order valence-corrected chi connectivity index (χ1v) is 10.2. The molecule has 2 amide bonds. The molecule has 0 saturated carbocycles. The Kier molecular flexibility index (Phi) is 4.73. The third-order valence-corrected chi connectivity index (χ3v) is 6.25. The van der Waals surface area contributed by atoms with E-state index < -0.39 is 6.04 Å². The lowest BCUT2D eigenvalue weighted by Gasteiger charge is -2.21. The topological polar surface area (TPSA) is 98.4 Å². The lowest BCUT2D eigenvalue weighted by Crippen LogP contribution is -2.42. The molecule has 1 atom stereocenters. The van der Waals surface area contributed by atoms with Crippen molar-refractivity contribution >= 4 is 58.0 Å². The molecule has 5 rings (SSSR count). The number of benzene rings is 2. The molecule has 1 aliphatic heterocycles. The van der Waals surface area contributed by atoms with E-state index >= 15 is 0 Å². The Labute approximate surface area is 181 Å². The highest BCUT2D eigenvalue weighted by Crippen LogP contribution is 2.33. The van der Waals surface area contributed by atoms with Crippen LogP contribution in [0.3, 0.4) is 0 Å². The van der Waals surface area contributed by atoms with Gasteiger partial charge in [0.1, 0.15) is 11.2 Å². The molecular weight excluding hydrogens is 425 g/mol. The number of aromatic nitrogens is 1. The molecule has 0 spiro atoms. The minimum Gasteiger partial charge on any atom is -0.345 e. The molecule has 0 bridgehead atoms. The summed E-state index contributed by atoms with van der Waals surface area (Å²) in [6.45, 7) is 0. The van der Waals surface area contributed by atoms with Gasteiger partial charge in [0.25, 0.3) is 5.91 Å². The van der Waals surface area contributed by atoms with Gasteiger partial charge in [-0.15, -0.1) is 0 Å². The molecule has 0 fully saturated rings. The predicted molar refractivity (Wildman–Crippen MR) is 117 cm³/mol. The van der Waals surface area contributed by atoms with Crippen LogP contribution in [0.2, 0.25) is 5.15 Å². The van der Waals surface area contributed by atoms with Crippen molar-refractivity contribution in [1.82, 2.24) is 15.2 Å². The van der Waals surface area contributed by atoms with Gasteiger partial charge in [0.15, 0.2) is 0 Å². The van der Waals surface area contributed by atoms with E-state index in [1.807, 2.05) is 12.1 Å². The Morgan fingerprint density at radius 1 is 1.20 bits per heavy atom. The predicted octanol–water partition coefficient (Wildman–Crippen LogP) is 3.36. The van der Waals surface area contributed by atoms with Crippen LogP contribution in [0.25, 0.3) is 10.9 Å². The highest BCUT2D eigenvalue weighted by atomic mass is 35.5. The summed E-state index contributed by atoms with van der Waals surface area (Å²) in [5.41, 5.74) is 7.02. The normalized spacial score (nSPS) is 16.3. The van der Waals surface area contributed by atoms with E-state index in [1.54, 1.807) is 12.1 Å². The number of aromatic amines is 1. The monoisotopic (exact) mass is 441 g/mol. The standard InChI is InChI=1S/C21H17Cl2N5O2/c22-19-15-9-24-28-20(29)14-7-13(8-16(26-19)17(14)15)25-21(30)18(27-23)12-5-10-3-1-2-4-11(10)6-12/h1-4,7-9,12,18,26-27H,5-6H2,(H,25,30)(H,28,29)/t18-/m1/s1. The highest BCUT2D eigenvalue weighted by molar-refractivity contribution is 6.35. The third-order valence-electron chi connectivity index (χ3n) is 5.71. The quantitative estimate of drug-likeness (QED) is 0.467. The van der Waals surface area contributed by atoms with Gasteiger partial charge in [0, 0.05) is 16.6 Å². The number of amides is 2. The molecule has 3 aromatic rings. The van der Waals surface area contributed by atoms with E-state index in [0.29, 0.717) is 32.9 Å². The second-order valence-electron chi connectivity index (χ2n) is 7.51. The fourth-order valence-corrected chi connectivity index (χ4v) is 4.84. The number of hydrogen-bond acceptors (Lipinski definition) is 4. The Hall–Kier alpha value is -2.87. The highest BCUT2D eigenvalue weighted by Gasteiger charge is 2.33. The number of fused-ring (bicyclic) bond motifs is 1. The summed E-state index contributed by atoms with van der Waals surface area (Å²) in [5, 5.41) is 7.81. The zero-order chi connectivity index (χ0) is 20.8. The van der Waals surface area contributed by atoms with Gasteiger partial charge in [-0.05, 0) is 53.8 Å². The number of hydrogen-bond donors (Lipinski definition) is 4. The van der Waals surface area contributed by atoms with Crippen LogP contribution < -0.4 is 15.6 Å². The summed E-state index contributed by atoms with van der Waals surface area (Å²) in [5.74, 6) is -0.606. The van der Waals surface area contributed by atoms with Crippen LogP contribution in [-0.4, -0.2) is 29.1 Å². The fourth-order valence-electron chi connectivity index (χ4n) is 4.32. The van der Waals surface area contributed by atoms with Crippen LogP contribution in [0.5, 0.6) is 0 Å². The third kappa shape index (κ3) is 3.15. The van der Waals surface area contributed by atoms with E-state index in [0.717, 1.165) is 12.8 Å². The minimum absolute atomic E-state index is 0.0356. The Morgan fingerprint density at radius 3 is 2.63 bits per heavy atom. The van der Waals surface area contributed by atoms with E-state index in [4.69, 9.17) is 23.4 Å². The van der Waals surface area contributed by atoms with Crippen molar-refractivity contribution in [2.45, 2.75) is 18.9 Å². The summed E-state index contributed by atoms with van der Waals surface area (Å²) >= 11 is 12.2. The molecule has 2 heterocycles. The molecule has 30 heavy (non-hydrogen) atoms. The van der Waals surface area contributed by atoms with E-state index in [1.165, 1.54) is 17.3 Å². The van der Waals surface area contributed by atoms with Gasteiger partial charge in [0.2, 0.25) is 5.91 Å². The van der Waals surface area contributed by atoms with Gasteiger partial charge in [0.05, 0.1) is 17.3 Å². The zero-order valence-electron chi connectivity index (χ0n) is 15.6. The summed E-state index contributed by atoms with van der Waals surface area (Å²) in [6, 6.07) is 10.9. The summed E-state index contributed by atoms with van der Waals surface area (Å²) < 4.78 is 0. The van der Waals surface area contributed by atoms with Crippen LogP contribution in [0, 0.1) is 5.92 Å². The SMILES string of the molecule is O=C1NN=Cc2c(Cl)[nH]c3cc(NC(=O)[C@H](NCl)C4Cc5ccccc5C4)cc1c23. The maximum absolute atomic E-state index is 13.0. The van der Waals surface area contributed by atoms with Crippen LogP contribution >= 0.6 is 23.4 Å². The van der Waals surface area contributed by atoms with Crippen molar-refractivity contribution in [3.05, 3.63) is 63.8 Å². The first-order valence-electron chi connectivity index (χ1n) is 9.47. The molecule has 9 heteroatoms. The average molecular weight is 442 g/mol. The molecule has 0 saturated heterocycles. The van der Waals surface area contributed by atoms with Gasteiger partial charge in [-0.25, -0.2) is 10.3 Å². The smallest absolute Gasteiger partial charge is 0.272 e. The Morgan fingerprint density at radius 2 is 1.93 bits per heavy atom. The molecule has 1 aliphatic carbocycles. The molecule has 2 aliphatic rings. The summed E-state index contributed by atoms with van der Waals surface area (Å²) in [6.07, 6.45) is 3.04. The molecule has 1 aromatic heterocycles. The molecule has 0 radical (unpaired) electrons. The van der Waals surface area contributed by atoms with Gasteiger partial charge in [-0.3, -0.25) is 9.59 Å². The van der Waals surface area contributed by atoms with Crippen molar-refractivity contribution in [2.75, 3.05) is 5.32 Å². The molecule has 2 aromatic carbocycles. The largest absolute Gasteiger partial charge is 0.345 e. The number of carbonyl (C=O) groups is 2. The molecule has 7 nitrogen and oxygen atoms in total. The fraction of sp³-hybridized carbons (Fsp3) is 0.190. The number of nitrogens with zero attached hydrogens (tertiary/aromatic N) is 1. The number of H-pyrrole nitrogens is 1. The van der Waals surface area contributed by atoms with Gasteiger partial charge in [-0.1, -0.05) is 35.9 Å². The number of carbonyl (C=O) groups excluding carboxylic acids is 2. The maximum atomic E-state index is 13.0. The second kappa shape index (κ2) is 7.43. The Balaban J connectivity index is 1.43. The van der Waals surface area contributed by atoms with Crippen LogP contribution in [0.1, 0.15) is 27.0 Å². The first kappa shape index (κ1) is 19.1. The van der Waals surface area contributed by atoms with Crippen molar-refractivity contribution in [3.63, 3.8) is 0 Å². The van der Waals surface area contributed by atoms with Crippen LogP contribution in [0.4, 0.5) is 5.69 Å². The van der Waals surface area contributed by atoms with E-state index in [9.17, 15) is 9.59 Å². The molecule has 0 unspecified atom stereocenters. The lowest BCUT2D eigenvalue weighted by molar-refractivity contribution is -0.118. The van der Waals surface area contributed by atoms with Crippen molar-refractivity contribution in [2.24, 2.45) is 11.0 Å². The minimum atomic E-state index is -0.589. The van der Waals surface area contributed by atoms with Gasteiger partial charge in [-0.2, -0.15) is 5.10 Å². The molecule has 152 valence electrons. The number of rotatable bonds is 4. The number of anilines is 1. The van der Waals surface area contributed by atoms with E-state index in [-0.39, 0.29) is 17.7 Å². The van der Waals surface area contributed by atoms with Crippen molar-refractivity contribution in [3.8, 4) is 0 Å². The number of nitrogens with one attached hydrogen (secondary N) is 4. The average Bonchev–Trinajstić information content (AvgIpc) is 3.23. The maximum Gasteiger partial charge on any atom is 0.272 e. The number of hydrazone groups is 1. The summed E-state index contributed by atoms with van der Waals surface area (Å²) in [7, 11) is 0. The van der Waals surface area contributed by atoms with Crippen LogP contribution in [0.15, 0.2) is 41.5 Å². The number of halogens is 2. The summed E-state index contributed by atoms with van der Waals surface area (Å²) in [4.78, 5) is 31.1. The van der Waals surface area contributed by atoms with Crippen molar-refractivity contribution < 1.29 is 9.59 Å². The molecule has 4 N–H and O–H groups in total. The molecular formula is C21H17Cl2N5O2. The van der Waals surface area contributed by atoms with Crippen molar-refractivity contribution in [1.29, 1.82) is 0 Å². The van der Waals surface area contributed by atoms with Gasteiger partial charge >= 0.3 is 0 Å². The van der Waals surface area contributed by atoms with E-state index in [2.05, 4.69) is 37.8 Å². The zero-order valence-corrected chi connectivity index (χ0v) is 17.1. The second-order valence-corrected chi connectivity index (χ2v) is 8.11.